The molecule has 1 saturated heterocycles. The fourth-order valence-electron chi connectivity index (χ4n) is 1.79. The van der Waals surface area contributed by atoms with Crippen LogP contribution in [0.1, 0.15) is 18.1 Å². The van der Waals surface area contributed by atoms with E-state index in [0.29, 0.717) is 13.1 Å². The van der Waals surface area contributed by atoms with Gasteiger partial charge in [-0.15, -0.1) is 0 Å². The van der Waals surface area contributed by atoms with Crippen molar-refractivity contribution in [3.63, 3.8) is 0 Å². The lowest BCUT2D eigenvalue weighted by Crippen LogP contribution is -2.27. The van der Waals surface area contributed by atoms with Crippen LogP contribution in [0.2, 0.25) is 0 Å². The molecular formula is C9H13NO3S. The van der Waals surface area contributed by atoms with Gasteiger partial charge < -0.3 is 4.42 Å². The molecule has 1 unspecified atom stereocenters. The van der Waals surface area contributed by atoms with E-state index in [2.05, 4.69) is 0 Å². The van der Waals surface area contributed by atoms with Crippen LogP contribution in [0.4, 0.5) is 0 Å². The summed E-state index contributed by atoms with van der Waals surface area (Å²) in [4.78, 5) is 0. The molecule has 78 valence electrons. The first-order valence-corrected chi connectivity index (χ1v) is 6.41. The van der Waals surface area contributed by atoms with Crippen molar-refractivity contribution in [2.24, 2.45) is 0 Å². The van der Waals surface area contributed by atoms with Crippen LogP contribution in [0.15, 0.2) is 22.8 Å². The minimum atomic E-state index is -3.03. The van der Waals surface area contributed by atoms with Crippen molar-refractivity contribution in [3.05, 3.63) is 24.2 Å². The summed E-state index contributed by atoms with van der Waals surface area (Å²) in [6, 6.07) is 3.73. The number of nitrogens with zero attached hydrogens (tertiary/aromatic N) is 1. The largest absolute Gasteiger partial charge is 0.469 e. The number of rotatable bonds is 2. The molecule has 2 heterocycles. The quantitative estimate of drug-likeness (QED) is 0.740. The Morgan fingerprint density at radius 3 is 2.86 bits per heavy atom. The number of hydrogen-bond donors (Lipinski definition) is 0. The number of sulfonamides is 1. The van der Waals surface area contributed by atoms with Gasteiger partial charge >= 0.3 is 0 Å². The van der Waals surface area contributed by atoms with Crippen LogP contribution in [-0.4, -0.2) is 32.1 Å². The molecule has 0 N–H and O–H groups in total. The van der Waals surface area contributed by atoms with Crippen molar-refractivity contribution in [2.75, 3.05) is 19.3 Å². The topological polar surface area (TPSA) is 50.5 Å². The van der Waals surface area contributed by atoms with Gasteiger partial charge in [0.05, 0.1) is 12.5 Å². The van der Waals surface area contributed by atoms with Crippen LogP contribution in [0.3, 0.4) is 0 Å². The molecular weight excluding hydrogens is 202 g/mol. The van der Waals surface area contributed by atoms with E-state index in [1.54, 1.807) is 6.26 Å². The summed E-state index contributed by atoms with van der Waals surface area (Å²) in [5.74, 6) is 1.11. The molecule has 1 aliphatic rings. The van der Waals surface area contributed by atoms with Crippen LogP contribution < -0.4 is 0 Å². The Hall–Kier alpha value is -0.810. The van der Waals surface area contributed by atoms with E-state index in [9.17, 15) is 8.42 Å². The summed E-state index contributed by atoms with van der Waals surface area (Å²) in [7, 11) is -3.03. The molecule has 0 amide bonds. The molecule has 4 nitrogen and oxygen atoms in total. The Bertz CT molecular complexity index is 396. The minimum Gasteiger partial charge on any atom is -0.469 e. The Kier molecular flexibility index (Phi) is 2.36. The molecule has 0 radical (unpaired) electrons. The molecule has 0 aromatic carbocycles. The summed E-state index contributed by atoms with van der Waals surface area (Å²) in [5.41, 5.74) is 0. The van der Waals surface area contributed by atoms with E-state index < -0.39 is 10.0 Å². The van der Waals surface area contributed by atoms with Crippen molar-refractivity contribution in [1.82, 2.24) is 4.31 Å². The van der Waals surface area contributed by atoms with E-state index in [-0.39, 0.29) is 5.92 Å². The molecule has 1 atom stereocenters. The second-order valence-corrected chi connectivity index (χ2v) is 5.60. The molecule has 1 fully saturated rings. The predicted molar refractivity (Wildman–Crippen MR) is 52.5 cm³/mol. The van der Waals surface area contributed by atoms with E-state index in [1.807, 2.05) is 12.1 Å². The summed E-state index contributed by atoms with van der Waals surface area (Å²) in [6.07, 6.45) is 3.72. The van der Waals surface area contributed by atoms with E-state index in [0.717, 1.165) is 12.2 Å². The third-order valence-corrected chi connectivity index (χ3v) is 3.84. The maximum Gasteiger partial charge on any atom is 0.211 e. The predicted octanol–water partition coefficient (Wildman–Crippen LogP) is 1.03. The molecule has 5 heteroatoms. The zero-order valence-corrected chi connectivity index (χ0v) is 8.83. The lowest BCUT2D eigenvalue weighted by Gasteiger charge is -2.11. The van der Waals surface area contributed by atoms with Gasteiger partial charge in [-0.1, -0.05) is 0 Å². The maximum absolute atomic E-state index is 11.2. The second kappa shape index (κ2) is 3.40. The first kappa shape index (κ1) is 9.73. The zero-order valence-electron chi connectivity index (χ0n) is 8.01. The van der Waals surface area contributed by atoms with E-state index in [1.165, 1.54) is 10.6 Å². The molecule has 2 rings (SSSR count). The molecule has 1 aromatic heterocycles. The van der Waals surface area contributed by atoms with Gasteiger partial charge in [0.25, 0.3) is 0 Å². The fraction of sp³-hybridized carbons (Fsp3) is 0.556. The van der Waals surface area contributed by atoms with Crippen LogP contribution in [0.5, 0.6) is 0 Å². The minimum absolute atomic E-state index is 0.222. The Morgan fingerprint density at radius 2 is 2.36 bits per heavy atom. The summed E-state index contributed by atoms with van der Waals surface area (Å²) in [6.45, 7) is 1.15. The fourth-order valence-corrected chi connectivity index (χ4v) is 2.67. The maximum atomic E-state index is 11.2. The van der Waals surface area contributed by atoms with Gasteiger partial charge in [0.1, 0.15) is 5.76 Å². The smallest absolute Gasteiger partial charge is 0.211 e. The normalized spacial score (nSPS) is 24.2. The molecule has 1 aromatic rings. The van der Waals surface area contributed by atoms with E-state index >= 15 is 0 Å². The van der Waals surface area contributed by atoms with Crippen molar-refractivity contribution >= 4 is 10.0 Å². The highest BCUT2D eigenvalue weighted by atomic mass is 32.2. The summed E-state index contributed by atoms with van der Waals surface area (Å²) < 4.78 is 29.2. The highest BCUT2D eigenvalue weighted by molar-refractivity contribution is 7.88. The van der Waals surface area contributed by atoms with Crippen molar-refractivity contribution in [1.29, 1.82) is 0 Å². The molecule has 1 aliphatic heterocycles. The average molecular weight is 215 g/mol. The zero-order chi connectivity index (χ0) is 10.2. The molecule has 0 saturated carbocycles. The lowest BCUT2D eigenvalue weighted by molar-refractivity contribution is 0.447. The third-order valence-electron chi connectivity index (χ3n) is 2.57. The number of furan rings is 1. The molecule has 0 spiro atoms. The van der Waals surface area contributed by atoms with Gasteiger partial charge in [-0.05, 0) is 18.6 Å². The Morgan fingerprint density at radius 1 is 1.57 bits per heavy atom. The van der Waals surface area contributed by atoms with Crippen LogP contribution >= 0.6 is 0 Å². The van der Waals surface area contributed by atoms with Gasteiger partial charge in [-0.2, -0.15) is 0 Å². The Labute approximate surface area is 83.6 Å². The molecule has 0 aliphatic carbocycles. The van der Waals surface area contributed by atoms with Gasteiger partial charge in [-0.3, -0.25) is 0 Å². The number of hydrogen-bond acceptors (Lipinski definition) is 3. The van der Waals surface area contributed by atoms with Crippen molar-refractivity contribution in [3.8, 4) is 0 Å². The standard InChI is InChI=1S/C9H13NO3S/c1-14(11,12)10-5-4-8(7-10)9-3-2-6-13-9/h2-3,6,8H,4-5,7H2,1H3. The van der Waals surface area contributed by atoms with Gasteiger partial charge in [0.2, 0.25) is 10.0 Å². The highest BCUT2D eigenvalue weighted by Gasteiger charge is 2.30. The van der Waals surface area contributed by atoms with Gasteiger partial charge in [-0.25, -0.2) is 12.7 Å². The Balaban J connectivity index is 2.10. The van der Waals surface area contributed by atoms with E-state index in [4.69, 9.17) is 4.42 Å². The summed E-state index contributed by atoms with van der Waals surface area (Å²) >= 11 is 0. The SMILES string of the molecule is CS(=O)(=O)N1CCC(c2ccco2)C1. The van der Waals surface area contributed by atoms with Crippen molar-refractivity contribution < 1.29 is 12.8 Å². The average Bonchev–Trinajstić information content (AvgIpc) is 2.73. The monoisotopic (exact) mass is 215 g/mol. The molecule has 14 heavy (non-hydrogen) atoms. The lowest BCUT2D eigenvalue weighted by atomic mass is 10.1. The first-order chi connectivity index (χ1) is 6.57. The summed E-state index contributed by atoms with van der Waals surface area (Å²) in [5, 5.41) is 0. The van der Waals surface area contributed by atoms with Crippen LogP contribution in [0.25, 0.3) is 0 Å². The van der Waals surface area contributed by atoms with Gasteiger partial charge in [0.15, 0.2) is 0 Å². The third kappa shape index (κ3) is 1.83. The first-order valence-electron chi connectivity index (χ1n) is 4.56. The molecule has 0 bridgehead atoms. The van der Waals surface area contributed by atoms with Crippen LogP contribution in [-0.2, 0) is 10.0 Å². The highest BCUT2D eigenvalue weighted by Crippen LogP contribution is 2.28. The van der Waals surface area contributed by atoms with Gasteiger partial charge in [0, 0.05) is 19.0 Å². The second-order valence-electron chi connectivity index (χ2n) is 3.62. The van der Waals surface area contributed by atoms with Crippen molar-refractivity contribution in [2.45, 2.75) is 12.3 Å². The van der Waals surface area contributed by atoms with Crippen LogP contribution in [0, 0.1) is 0 Å².